The van der Waals surface area contributed by atoms with Crippen LogP contribution in [0, 0.1) is 5.82 Å². The molecule has 0 saturated heterocycles. The zero-order chi connectivity index (χ0) is 20.7. The molecule has 2 rings (SSSR count). The number of carbonyl (C=O) groups excluding carboxylic acids is 2. The number of nitrogens with one attached hydrogen (secondary N) is 1. The van der Waals surface area contributed by atoms with Crippen molar-refractivity contribution in [2.75, 3.05) is 20.8 Å². The van der Waals surface area contributed by atoms with Gasteiger partial charge in [0.2, 0.25) is 0 Å². The Morgan fingerprint density at radius 3 is 2.54 bits per heavy atom. The maximum atomic E-state index is 13.5. The van der Waals surface area contributed by atoms with Crippen LogP contribution in [0.25, 0.3) is 0 Å². The van der Waals surface area contributed by atoms with Crippen LogP contribution in [0.1, 0.15) is 15.9 Å². The molecule has 0 aliphatic heterocycles. The minimum absolute atomic E-state index is 0.0486. The molecule has 0 heterocycles. The Balaban J connectivity index is 1.95. The van der Waals surface area contributed by atoms with Crippen LogP contribution in [0.2, 0.25) is 0 Å². The van der Waals surface area contributed by atoms with E-state index < -0.39 is 34.3 Å². The van der Waals surface area contributed by atoms with Gasteiger partial charge in [0.15, 0.2) is 6.61 Å². The first kappa shape index (κ1) is 21.5. The van der Waals surface area contributed by atoms with E-state index in [1.54, 1.807) is 6.07 Å². The second kappa shape index (κ2) is 9.40. The summed E-state index contributed by atoms with van der Waals surface area (Å²) >= 11 is 0. The molecule has 8 nitrogen and oxygen atoms in total. The Hall–Kier alpha value is -2.82. The standard InChI is InChI=1S/C18H19FN2O6S/c1-21(26-2)28(24,25)15-8-5-7-13(10-15)18(23)27-12-17(22)20-11-14-6-3-4-9-16(14)19/h3-10H,11-12H2,1-2H3,(H,20,22). The number of hydrogen-bond donors (Lipinski definition) is 1. The van der Waals surface area contributed by atoms with Crippen molar-refractivity contribution in [1.82, 2.24) is 9.79 Å². The first-order chi connectivity index (χ1) is 13.3. The van der Waals surface area contributed by atoms with E-state index in [9.17, 15) is 22.4 Å². The molecular weight excluding hydrogens is 391 g/mol. The van der Waals surface area contributed by atoms with E-state index in [0.717, 1.165) is 6.07 Å². The monoisotopic (exact) mass is 410 g/mol. The van der Waals surface area contributed by atoms with Crippen molar-refractivity contribution in [2.24, 2.45) is 0 Å². The Labute approximate surface area is 161 Å². The molecule has 0 aliphatic carbocycles. The summed E-state index contributed by atoms with van der Waals surface area (Å²) in [5.41, 5.74) is 0.245. The van der Waals surface area contributed by atoms with Crippen LogP contribution in [0.4, 0.5) is 4.39 Å². The van der Waals surface area contributed by atoms with Crippen LogP contribution < -0.4 is 5.32 Å². The Morgan fingerprint density at radius 2 is 1.86 bits per heavy atom. The normalized spacial score (nSPS) is 11.3. The molecule has 1 amide bonds. The molecule has 2 aromatic carbocycles. The van der Waals surface area contributed by atoms with Gasteiger partial charge in [0.1, 0.15) is 5.82 Å². The molecule has 0 atom stereocenters. The molecule has 0 fully saturated rings. The third-order valence-electron chi connectivity index (χ3n) is 3.73. The van der Waals surface area contributed by atoms with E-state index in [-0.39, 0.29) is 17.0 Å². The third kappa shape index (κ3) is 5.35. The molecular formula is C18H19FN2O6S. The average molecular weight is 410 g/mol. The van der Waals surface area contributed by atoms with E-state index in [4.69, 9.17) is 4.74 Å². The summed E-state index contributed by atoms with van der Waals surface area (Å²) in [6.45, 7) is -0.650. The van der Waals surface area contributed by atoms with Gasteiger partial charge >= 0.3 is 5.97 Å². The predicted octanol–water partition coefficient (Wildman–Crippen LogP) is 1.48. The van der Waals surface area contributed by atoms with Crippen LogP contribution in [0.3, 0.4) is 0 Å². The van der Waals surface area contributed by atoms with E-state index >= 15 is 0 Å². The summed E-state index contributed by atoms with van der Waals surface area (Å²) in [6.07, 6.45) is 0. The lowest BCUT2D eigenvalue weighted by Crippen LogP contribution is -2.29. The highest BCUT2D eigenvalue weighted by atomic mass is 32.2. The molecule has 0 aromatic heterocycles. The molecule has 150 valence electrons. The number of hydroxylamine groups is 1. The van der Waals surface area contributed by atoms with Gasteiger partial charge in [-0.3, -0.25) is 9.63 Å². The van der Waals surface area contributed by atoms with Crippen LogP contribution in [0.15, 0.2) is 53.4 Å². The number of nitrogens with zero attached hydrogens (tertiary/aromatic N) is 1. The summed E-state index contributed by atoms with van der Waals surface area (Å²) in [7, 11) is -1.53. The van der Waals surface area contributed by atoms with Crippen molar-refractivity contribution >= 4 is 21.9 Å². The number of esters is 1. The lowest BCUT2D eigenvalue weighted by molar-refractivity contribution is -0.124. The van der Waals surface area contributed by atoms with Gasteiger partial charge in [-0.05, 0) is 24.3 Å². The van der Waals surface area contributed by atoms with Gasteiger partial charge in [0, 0.05) is 19.2 Å². The van der Waals surface area contributed by atoms with Gasteiger partial charge < -0.3 is 10.1 Å². The topological polar surface area (TPSA) is 102 Å². The largest absolute Gasteiger partial charge is 0.452 e. The maximum Gasteiger partial charge on any atom is 0.338 e. The number of halogens is 1. The fraction of sp³-hybridized carbons (Fsp3) is 0.222. The summed E-state index contributed by atoms with van der Waals surface area (Å²) in [5, 5.41) is 2.43. The highest BCUT2D eigenvalue weighted by molar-refractivity contribution is 7.89. The predicted molar refractivity (Wildman–Crippen MR) is 96.9 cm³/mol. The number of carbonyl (C=O) groups is 2. The lowest BCUT2D eigenvalue weighted by atomic mass is 10.2. The molecule has 0 aliphatic rings. The van der Waals surface area contributed by atoms with Gasteiger partial charge in [-0.15, -0.1) is 0 Å². The Morgan fingerprint density at radius 1 is 1.14 bits per heavy atom. The molecule has 0 spiro atoms. The number of amides is 1. The zero-order valence-corrected chi connectivity index (χ0v) is 16.0. The molecule has 1 N–H and O–H groups in total. The van der Waals surface area contributed by atoms with Crippen LogP contribution >= 0.6 is 0 Å². The summed E-state index contributed by atoms with van der Waals surface area (Å²) in [6, 6.07) is 11.1. The van der Waals surface area contributed by atoms with Crippen LogP contribution in [-0.2, 0) is 30.9 Å². The molecule has 2 aromatic rings. The highest BCUT2D eigenvalue weighted by Gasteiger charge is 2.22. The zero-order valence-electron chi connectivity index (χ0n) is 15.2. The third-order valence-corrected chi connectivity index (χ3v) is 5.41. The second-order valence-electron chi connectivity index (χ2n) is 5.57. The molecule has 0 saturated carbocycles. The lowest BCUT2D eigenvalue weighted by Gasteiger charge is -2.14. The van der Waals surface area contributed by atoms with Crippen molar-refractivity contribution in [1.29, 1.82) is 0 Å². The van der Waals surface area contributed by atoms with Gasteiger partial charge in [0.05, 0.1) is 17.6 Å². The average Bonchev–Trinajstić information content (AvgIpc) is 2.70. The van der Waals surface area contributed by atoms with E-state index in [1.807, 2.05) is 0 Å². The first-order valence-corrected chi connectivity index (χ1v) is 9.50. The molecule has 10 heteroatoms. The van der Waals surface area contributed by atoms with E-state index in [1.165, 1.54) is 50.6 Å². The second-order valence-corrected chi connectivity index (χ2v) is 7.51. The number of sulfonamides is 1. The van der Waals surface area contributed by atoms with Gasteiger partial charge in [-0.25, -0.2) is 17.6 Å². The van der Waals surface area contributed by atoms with Gasteiger partial charge in [0.25, 0.3) is 15.9 Å². The highest BCUT2D eigenvalue weighted by Crippen LogP contribution is 2.16. The van der Waals surface area contributed by atoms with Crippen molar-refractivity contribution in [3.63, 3.8) is 0 Å². The number of benzene rings is 2. The Kier molecular flexibility index (Phi) is 7.21. The van der Waals surface area contributed by atoms with Crippen molar-refractivity contribution < 1.29 is 32.0 Å². The van der Waals surface area contributed by atoms with Crippen molar-refractivity contribution in [2.45, 2.75) is 11.4 Å². The van der Waals surface area contributed by atoms with Gasteiger partial charge in [-0.1, -0.05) is 28.7 Å². The minimum Gasteiger partial charge on any atom is -0.452 e. The van der Waals surface area contributed by atoms with Crippen LogP contribution in [-0.4, -0.2) is 45.5 Å². The number of ether oxygens (including phenoxy) is 1. The van der Waals surface area contributed by atoms with Crippen molar-refractivity contribution in [3.8, 4) is 0 Å². The number of rotatable bonds is 8. The summed E-state index contributed by atoms with van der Waals surface area (Å²) in [4.78, 5) is 28.4. The first-order valence-electron chi connectivity index (χ1n) is 8.06. The number of hydrogen-bond acceptors (Lipinski definition) is 6. The van der Waals surface area contributed by atoms with E-state index in [0.29, 0.717) is 10.0 Å². The fourth-order valence-electron chi connectivity index (χ4n) is 2.13. The van der Waals surface area contributed by atoms with Gasteiger partial charge in [-0.2, -0.15) is 0 Å². The molecule has 28 heavy (non-hydrogen) atoms. The summed E-state index contributed by atoms with van der Waals surface area (Å²) in [5.74, 6) is -1.96. The summed E-state index contributed by atoms with van der Waals surface area (Å²) < 4.78 is 43.4. The SMILES string of the molecule is CON(C)S(=O)(=O)c1cccc(C(=O)OCC(=O)NCc2ccccc2F)c1. The maximum absolute atomic E-state index is 13.5. The fourth-order valence-corrected chi connectivity index (χ4v) is 3.15. The Bertz CT molecular complexity index is 964. The minimum atomic E-state index is -3.93. The quantitative estimate of drug-likeness (QED) is 0.523. The molecule has 0 bridgehead atoms. The van der Waals surface area contributed by atoms with Crippen molar-refractivity contribution in [3.05, 3.63) is 65.5 Å². The van der Waals surface area contributed by atoms with Crippen LogP contribution in [0.5, 0.6) is 0 Å². The van der Waals surface area contributed by atoms with E-state index in [2.05, 4.69) is 10.2 Å². The molecule has 0 unspecified atom stereocenters. The smallest absolute Gasteiger partial charge is 0.338 e. The molecule has 0 radical (unpaired) electrons.